The van der Waals surface area contributed by atoms with Gasteiger partial charge in [0.1, 0.15) is 5.60 Å². The first kappa shape index (κ1) is 10.8. The van der Waals surface area contributed by atoms with Crippen LogP contribution in [0.2, 0.25) is 10.0 Å². The summed E-state index contributed by atoms with van der Waals surface area (Å²) in [7, 11) is 0. The van der Waals surface area contributed by atoms with Gasteiger partial charge in [0.05, 0.1) is 16.7 Å². The van der Waals surface area contributed by atoms with Crippen molar-refractivity contribution >= 4 is 23.2 Å². The molecule has 0 amide bonds. The lowest BCUT2D eigenvalue weighted by Gasteiger charge is -2.21. The Bertz CT molecular complexity index is 310. The van der Waals surface area contributed by atoms with Gasteiger partial charge in [0.2, 0.25) is 0 Å². The highest BCUT2D eigenvalue weighted by atomic mass is 35.5. The summed E-state index contributed by atoms with van der Waals surface area (Å²) >= 11 is 11.5. The molecule has 0 saturated carbocycles. The molecule has 1 rings (SSSR count). The number of aliphatic hydroxyl groups excluding tert-OH is 1. The Morgan fingerprint density at radius 2 is 1.92 bits per heavy atom. The van der Waals surface area contributed by atoms with E-state index >= 15 is 0 Å². The van der Waals surface area contributed by atoms with Gasteiger partial charge in [-0.3, -0.25) is 0 Å². The lowest BCUT2D eigenvalue weighted by atomic mass is 9.97. The molecule has 0 aromatic heterocycles. The largest absolute Gasteiger partial charge is 0.393 e. The van der Waals surface area contributed by atoms with E-state index in [1.807, 2.05) is 0 Å². The molecule has 0 bridgehead atoms. The monoisotopic (exact) mass is 220 g/mol. The van der Waals surface area contributed by atoms with Crippen LogP contribution in [-0.2, 0) is 5.60 Å². The molecule has 13 heavy (non-hydrogen) atoms. The van der Waals surface area contributed by atoms with Crippen molar-refractivity contribution in [1.82, 2.24) is 0 Å². The first-order valence-electron chi connectivity index (χ1n) is 3.76. The average molecular weight is 221 g/mol. The third-order valence-corrected chi connectivity index (χ3v) is 2.59. The van der Waals surface area contributed by atoms with Crippen LogP contribution in [0, 0.1) is 0 Å². The predicted molar refractivity (Wildman–Crippen MR) is 53.1 cm³/mol. The number of benzene rings is 1. The van der Waals surface area contributed by atoms with Crippen LogP contribution in [0.25, 0.3) is 0 Å². The Balaban J connectivity index is 3.10. The second-order valence-electron chi connectivity index (χ2n) is 3.06. The van der Waals surface area contributed by atoms with Crippen LogP contribution in [0.5, 0.6) is 0 Å². The van der Waals surface area contributed by atoms with Crippen molar-refractivity contribution in [3.8, 4) is 0 Å². The van der Waals surface area contributed by atoms with E-state index in [9.17, 15) is 5.11 Å². The van der Waals surface area contributed by atoms with Crippen molar-refractivity contribution in [2.75, 3.05) is 6.61 Å². The fraction of sp³-hybridized carbons (Fsp3) is 0.333. The Morgan fingerprint density at radius 3 is 2.38 bits per heavy atom. The molecule has 1 atom stereocenters. The van der Waals surface area contributed by atoms with Gasteiger partial charge >= 0.3 is 0 Å². The zero-order valence-electron chi connectivity index (χ0n) is 7.09. The van der Waals surface area contributed by atoms with Crippen LogP contribution in [-0.4, -0.2) is 16.8 Å². The highest BCUT2D eigenvalue weighted by molar-refractivity contribution is 6.42. The summed E-state index contributed by atoms with van der Waals surface area (Å²) in [5.41, 5.74) is -0.724. The number of aliphatic hydroxyl groups is 2. The van der Waals surface area contributed by atoms with Gasteiger partial charge in [-0.05, 0) is 24.6 Å². The van der Waals surface area contributed by atoms with Gasteiger partial charge in [0.15, 0.2) is 0 Å². The van der Waals surface area contributed by atoms with E-state index in [2.05, 4.69) is 0 Å². The van der Waals surface area contributed by atoms with Crippen LogP contribution < -0.4 is 0 Å². The van der Waals surface area contributed by atoms with Crippen molar-refractivity contribution in [2.24, 2.45) is 0 Å². The van der Waals surface area contributed by atoms with Gasteiger partial charge in [0.25, 0.3) is 0 Å². The van der Waals surface area contributed by atoms with E-state index in [-0.39, 0.29) is 6.61 Å². The third kappa shape index (κ3) is 2.35. The highest BCUT2D eigenvalue weighted by Gasteiger charge is 2.22. The second-order valence-corrected chi connectivity index (χ2v) is 3.88. The van der Waals surface area contributed by atoms with Crippen LogP contribution in [0.4, 0.5) is 0 Å². The Morgan fingerprint density at radius 1 is 1.31 bits per heavy atom. The first-order valence-corrected chi connectivity index (χ1v) is 4.52. The number of rotatable bonds is 2. The summed E-state index contributed by atoms with van der Waals surface area (Å²) in [5, 5.41) is 19.3. The van der Waals surface area contributed by atoms with E-state index < -0.39 is 5.60 Å². The maximum absolute atomic E-state index is 9.66. The molecule has 0 radical (unpaired) electrons. The fourth-order valence-electron chi connectivity index (χ4n) is 0.922. The van der Waals surface area contributed by atoms with E-state index in [0.717, 1.165) is 0 Å². The molecule has 2 nitrogen and oxygen atoms in total. The van der Waals surface area contributed by atoms with E-state index in [0.29, 0.717) is 15.6 Å². The fourth-order valence-corrected chi connectivity index (χ4v) is 1.22. The molecule has 2 N–H and O–H groups in total. The summed E-state index contributed by atoms with van der Waals surface area (Å²) in [6.45, 7) is 1.15. The van der Waals surface area contributed by atoms with Crippen molar-refractivity contribution in [1.29, 1.82) is 0 Å². The molecule has 4 heteroatoms. The van der Waals surface area contributed by atoms with Crippen LogP contribution in [0.3, 0.4) is 0 Å². The van der Waals surface area contributed by atoms with Crippen molar-refractivity contribution in [3.63, 3.8) is 0 Å². The van der Waals surface area contributed by atoms with Crippen LogP contribution in [0.1, 0.15) is 12.5 Å². The molecule has 0 aliphatic carbocycles. The molecule has 1 unspecified atom stereocenters. The highest BCUT2D eigenvalue weighted by Crippen LogP contribution is 2.28. The lowest BCUT2D eigenvalue weighted by molar-refractivity contribution is -0.00227. The van der Waals surface area contributed by atoms with Crippen molar-refractivity contribution in [3.05, 3.63) is 33.8 Å². The van der Waals surface area contributed by atoms with Gasteiger partial charge in [-0.1, -0.05) is 29.3 Å². The summed E-state index contributed by atoms with van der Waals surface area (Å²) in [6, 6.07) is 4.76. The van der Waals surface area contributed by atoms with Gasteiger partial charge in [-0.25, -0.2) is 0 Å². The molecule has 0 spiro atoms. The molecule has 1 aromatic rings. The van der Waals surface area contributed by atoms with E-state index in [4.69, 9.17) is 28.3 Å². The smallest absolute Gasteiger partial charge is 0.110 e. The van der Waals surface area contributed by atoms with Crippen molar-refractivity contribution in [2.45, 2.75) is 12.5 Å². The molecular weight excluding hydrogens is 211 g/mol. The quantitative estimate of drug-likeness (QED) is 0.803. The SMILES string of the molecule is CC(O)(CO)c1ccc(Cl)c(Cl)c1. The molecule has 0 heterocycles. The summed E-state index contributed by atoms with van der Waals surface area (Å²) in [6.07, 6.45) is 0. The first-order chi connectivity index (χ1) is 5.97. The van der Waals surface area contributed by atoms with E-state index in [1.54, 1.807) is 18.2 Å². The number of hydrogen-bond donors (Lipinski definition) is 2. The normalized spacial score (nSPS) is 15.5. The maximum Gasteiger partial charge on any atom is 0.110 e. The summed E-state index contributed by atoms with van der Waals surface area (Å²) in [4.78, 5) is 0. The third-order valence-electron chi connectivity index (χ3n) is 1.85. The van der Waals surface area contributed by atoms with Gasteiger partial charge < -0.3 is 10.2 Å². The zero-order chi connectivity index (χ0) is 10.1. The molecular formula is C9H10Cl2O2. The maximum atomic E-state index is 9.66. The van der Waals surface area contributed by atoms with Crippen LogP contribution in [0.15, 0.2) is 18.2 Å². The molecule has 1 aromatic carbocycles. The molecule has 0 aliphatic rings. The Hall–Kier alpha value is -0.280. The second kappa shape index (κ2) is 3.84. The summed E-state index contributed by atoms with van der Waals surface area (Å²) in [5.74, 6) is 0. The Labute approximate surface area is 86.7 Å². The minimum atomic E-state index is -1.27. The standard InChI is InChI=1S/C9H10Cl2O2/c1-9(13,5-12)6-2-3-7(10)8(11)4-6/h2-4,12-13H,5H2,1H3. The van der Waals surface area contributed by atoms with Gasteiger partial charge in [-0.15, -0.1) is 0 Å². The van der Waals surface area contributed by atoms with Crippen LogP contribution >= 0.6 is 23.2 Å². The Kier molecular flexibility index (Phi) is 3.19. The molecule has 72 valence electrons. The molecule has 0 fully saturated rings. The number of hydrogen-bond acceptors (Lipinski definition) is 2. The minimum absolute atomic E-state index is 0.356. The zero-order valence-corrected chi connectivity index (χ0v) is 8.60. The molecule has 0 aliphatic heterocycles. The average Bonchev–Trinajstić information content (AvgIpc) is 2.09. The summed E-state index contributed by atoms with van der Waals surface area (Å²) < 4.78 is 0. The topological polar surface area (TPSA) is 40.5 Å². The predicted octanol–water partition coefficient (Wildman–Crippen LogP) is 2.19. The number of halogens is 2. The molecule has 0 saturated heterocycles. The van der Waals surface area contributed by atoms with Gasteiger partial charge in [0, 0.05) is 0 Å². The van der Waals surface area contributed by atoms with E-state index in [1.165, 1.54) is 6.92 Å². The lowest BCUT2D eigenvalue weighted by Crippen LogP contribution is -2.25. The minimum Gasteiger partial charge on any atom is -0.393 e. The van der Waals surface area contributed by atoms with Crippen molar-refractivity contribution < 1.29 is 10.2 Å². The van der Waals surface area contributed by atoms with Gasteiger partial charge in [-0.2, -0.15) is 0 Å².